The van der Waals surface area contributed by atoms with Crippen molar-refractivity contribution in [2.45, 2.75) is 26.7 Å². The van der Waals surface area contributed by atoms with Crippen LogP contribution in [0.1, 0.15) is 42.6 Å². The van der Waals surface area contributed by atoms with Crippen molar-refractivity contribution in [3.05, 3.63) is 35.1 Å². The number of halogens is 1. The summed E-state index contributed by atoms with van der Waals surface area (Å²) in [5.74, 6) is 5.11. The van der Waals surface area contributed by atoms with Crippen molar-refractivity contribution in [1.82, 2.24) is 4.90 Å². The molecule has 0 aliphatic carbocycles. The molecule has 0 bridgehead atoms. The molecule has 114 valence electrons. The lowest BCUT2D eigenvalue weighted by Crippen LogP contribution is -2.28. The third kappa shape index (κ3) is 5.57. The van der Waals surface area contributed by atoms with E-state index in [2.05, 4.69) is 25.7 Å². The normalized spacial score (nSPS) is 10.2. The maximum Gasteiger partial charge on any atom is 0.253 e. The number of hydrogen-bond acceptors (Lipinski definition) is 2. The van der Waals surface area contributed by atoms with Crippen LogP contribution in [0, 0.1) is 23.6 Å². The molecule has 1 aromatic carbocycles. The van der Waals surface area contributed by atoms with Gasteiger partial charge in [-0.2, -0.15) is 0 Å². The Balaban J connectivity index is 2.79. The summed E-state index contributed by atoms with van der Waals surface area (Å²) < 4.78 is 13.9. The van der Waals surface area contributed by atoms with E-state index >= 15 is 0 Å². The molecule has 0 unspecified atom stereocenters. The van der Waals surface area contributed by atoms with Gasteiger partial charge in [0.1, 0.15) is 5.82 Å². The summed E-state index contributed by atoms with van der Waals surface area (Å²) in [6, 6.07) is 4.31. The Morgan fingerprint density at radius 1 is 1.43 bits per heavy atom. The van der Waals surface area contributed by atoms with Gasteiger partial charge in [-0.05, 0) is 30.5 Å². The summed E-state index contributed by atoms with van der Waals surface area (Å²) in [5, 5.41) is 8.63. The van der Waals surface area contributed by atoms with E-state index < -0.39 is 5.82 Å². The van der Waals surface area contributed by atoms with Crippen LogP contribution in [0.25, 0.3) is 0 Å². The Kier molecular flexibility index (Phi) is 6.90. The summed E-state index contributed by atoms with van der Waals surface area (Å²) in [6.45, 7) is 4.79. The number of rotatable bonds is 5. The van der Waals surface area contributed by atoms with E-state index in [0.717, 1.165) is 6.42 Å². The van der Waals surface area contributed by atoms with Gasteiger partial charge in [0.2, 0.25) is 0 Å². The predicted octanol–water partition coefficient (Wildman–Crippen LogP) is 2.68. The van der Waals surface area contributed by atoms with E-state index in [-0.39, 0.29) is 18.1 Å². The average Bonchev–Trinajstić information content (AvgIpc) is 2.45. The smallest absolute Gasteiger partial charge is 0.253 e. The summed E-state index contributed by atoms with van der Waals surface area (Å²) in [6.07, 6.45) is 1.22. The third-order valence-corrected chi connectivity index (χ3v) is 3.06. The topological polar surface area (TPSA) is 40.5 Å². The van der Waals surface area contributed by atoms with E-state index in [9.17, 15) is 9.18 Å². The van der Waals surface area contributed by atoms with Gasteiger partial charge < -0.3 is 10.0 Å². The van der Waals surface area contributed by atoms with Crippen molar-refractivity contribution in [3.8, 4) is 11.8 Å². The van der Waals surface area contributed by atoms with Crippen LogP contribution in [0.5, 0.6) is 0 Å². The van der Waals surface area contributed by atoms with Crippen molar-refractivity contribution in [2.24, 2.45) is 5.92 Å². The highest BCUT2D eigenvalue weighted by Crippen LogP contribution is 2.12. The number of amides is 1. The van der Waals surface area contributed by atoms with Gasteiger partial charge in [-0.1, -0.05) is 25.7 Å². The largest absolute Gasteiger partial charge is 0.395 e. The quantitative estimate of drug-likeness (QED) is 0.847. The van der Waals surface area contributed by atoms with E-state index in [1.54, 1.807) is 18.0 Å². The Hall–Kier alpha value is -1.86. The van der Waals surface area contributed by atoms with Gasteiger partial charge in [-0.3, -0.25) is 4.79 Å². The fraction of sp³-hybridized carbons (Fsp3) is 0.471. The minimum atomic E-state index is -0.511. The van der Waals surface area contributed by atoms with Crippen molar-refractivity contribution in [3.63, 3.8) is 0 Å². The zero-order chi connectivity index (χ0) is 15.8. The maximum absolute atomic E-state index is 13.9. The first kappa shape index (κ1) is 17.2. The zero-order valence-electron chi connectivity index (χ0n) is 12.8. The van der Waals surface area contributed by atoms with Crippen LogP contribution in [0.15, 0.2) is 18.2 Å². The molecule has 0 radical (unpaired) electrons. The molecule has 0 heterocycles. The molecule has 21 heavy (non-hydrogen) atoms. The summed E-state index contributed by atoms with van der Waals surface area (Å²) >= 11 is 0. The second kappa shape index (κ2) is 8.43. The monoisotopic (exact) mass is 291 g/mol. The number of nitrogens with zero attached hydrogens (tertiary/aromatic N) is 1. The van der Waals surface area contributed by atoms with Crippen molar-refractivity contribution >= 4 is 5.91 Å². The first-order valence-electron chi connectivity index (χ1n) is 7.10. The lowest BCUT2D eigenvalue weighted by atomic mass is 10.1. The third-order valence-electron chi connectivity index (χ3n) is 3.06. The molecule has 0 fully saturated rings. The van der Waals surface area contributed by atoms with Gasteiger partial charge in [-0.15, -0.1) is 0 Å². The van der Waals surface area contributed by atoms with Crippen LogP contribution < -0.4 is 0 Å². The zero-order valence-corrected chi connectivity index (χ0v) is 12.8. The Labute approximate surface area is 125 Å². The van der Waals surface area contributed by atoms with Gasteiger partial charge in [0, 0.05) is 25.6 Å². The highest BCUT2D eigenvalue weighted by Gasteiger charge is 2.13. The lowest BCUT2D eigenvalue weighted by molar-refractivity contribution is 0.0788. The summed E-state index contributed by atoms with van der Waals surface area (Å²) in [7, 11) is 1.72. The molecule has 0 aliphatic rings. The molecule has 4 heteroatoms. The number of aliphatic hydroxyl groups is 1. The Bertz CT molecular complexity index is 543. The Morgan fingerprint density at radius 2 is 2.14 bits per heavy atom. The number of benzene rings is 1. The molecule has 1 rings (SSSR count). The lowest BCUT2D eigenvalue weighted by Gasteiger charge is -2.18. The minimum Gasteiger partial charge on any atom is -0.395 e. The minimum absolute atomic E-state index is 0.0498. The highest BCUT2D eigenvalue weighted by atomic mass is 19.1. The molecule has 0 aliphatic heterocycles. The number of hydrogen-bond donors (Lipinski definition) is 1. The molecule has 3 nitrogen and oxygen atoms in total. The first-order chi connectivity index (χ1) is 9.95. The molecule has 0 saturated carbocycles. The maximum atomic E-state index is 13.9. The number of carbonyl (C=O) groups excluding carboxylic acids is 1. The van der Waals surface area contributed by atoms with Crippen molar-refractivity contribution < 1.29 is 14.3 Å². The summed E-state index contributed by atoms with van der Waals surface area (Å²) in [5.41, 5.74) is 0.566. The van der Waals surface area contributed by atoms with Crippen LogP contribution in [0.3, 0.4) is 0 Å². The van der Waals surface area contributed by atoms with E-state index in [0.29, 0.717) is 24.4 Å². The SMILES string of the molecule is CC(C)CCN(C)C(=O)c1ccc(C#CCCO)c(F)c1. The molecule has 1 amide bonds. The van der Waals surface area contributed by atoms with Gasteiger partial charge >= 0.3 is 0 Å². The van der Waals surface area contributed by atoms with Crippen LogP contribution in [0.2, 0.25) is 0 Å². The molecular formula is C17H22FNO2. The Morgan fingerprint density at radius 3 is 2.71 bits per heavy atom. The fourth-order valence-electron chi connectivity index (χ4n) is 1.74. The molecular weight excluding hydrogens is 269 g/mol. The van der Waals surface area contributed by atoms with Gasteiger partial charge in [0.15, 0.2) is 0 Å². The van der Waals surface area contributed by atoms with Gasteiger partial charge in [-0.25, -0.2) is 4.39 Å². The van der Waals surface area contributed by atoms with Crippen molar-refractivity contribution in [2.75, 3.05) is 20.2 Å². The standard InChI is InChI=1S/C17H22FNO2/c1-13(2)9-10-19(3)17(21)15-8-7-14(16(18)12-15)6-4-5-11-20/h7-8,12-13,20H,5,9-11H2,1-3H3. The number of aliphatic hydroxyl groups excluding tert-OH is 1. The highest BCUT2D eigenvalue weighted by molar-refractivity contribution is 5.94. The number of carbonyl (C=O) groups is 1. The van der Waals surface area contributed by atoms with Crippen LogP contribution in [-0.2, 0) is 0 Å². The second-order valence-corrected chi connectivity index (χ2v) is 5.38. The molecule has 0 saturated heterocycles. The van der Waals surface area contributed by atoms with E-state index in [4.69, 9.17) is 5.11 Å². The summed E-state index contributed by atoms with van der Waals surface area (Å²) in [4.78, 5) is 13.8. The fourth-order valence-corrected chi connectivity index (χ4v) is 1.74. The van der Waals surface area contributed by atoms with Crippen LogP contribution >= 0.6 is 0 Å². The predicted molar refractivity (Wildman–Crippen MR) is 81.4 cm³/mol. The molecule has 1 aromatic rings. The van der Waals surface area contributed by atoms with Crippen LogP contribution in [-0.4, -0.2) is 36.1 Å². The van der Waals surface area contributed by atoms with Gasteiger partial charge in [0.25, 0.3) is 5.91 Å². The van der Waals surface area contributed by atoms with Crippen molar-refractivity contribution in [1.29, 1.82) is 0 Å². The molecule has 0 spiro atoms. The average molecular weight is 291 g/mol. The first-order valence-corrected chi connectivity index (χ1v) is 7.10. The molecule has 0 atom stereocenters. The van der Waals surface area contributed by atoms with E-state index in [1.165, 1.54) is 12.1 Å². The molecule has 0 aromatic heterocycles. The molecule has 1 N–H and O–H groups in total. The van der Waals surface area contributed by atoms with E-state index in [1.807, 2.05) is 0 Å². The van der Waals surface area contributed by atoms with Crippen LogP contribution in [0.4, 0.5) is 4.39 Å². The second-order valence-electron chi connectivity index (χ2n) is 5.38. The van der Waals surface area contributed by atoms with Gasteiger partial charge in [0.05, 0.1) is 12.2 Å².